The maximum Gasteiger partial charge on any atom is 0.230 e. The van der Waals surface area contributed by atoms with Crippen molar-refractivity contribution in [2.45, 2.75) is 19.4 Å². The van der Waals surface area contributed by atoms with Crippen LogP contribution in [0.15, 0.2) is 24.3 Å². The molecule has 8 heteroatoms. The van der Waals surface area contributed by atoms with Gasteiger partial charge in [-0.05, 0) is 24.7 Å². The summed E-state index contributed by atoms with van der Waals surface area (Å²) in [7, 11) is 2.10. The fraction of sp³-hybridized carbons (Fsp3) is 0.444. The third-order valence-corrected chi connectivity index (χ3v) is 5.95. The summed E-state index contributed by atoms with van der Waals surface area (Å²) in [6.07, 6.45) is 0.717. The molecule has 1 aromatic carbocycles. The number of benzene rings is 1. The van der Waals surface area contributed by atoms with E-state index in [9.17, 15) is 9.50 Å². The molecule has 0 aliphatic carbocycles. The summed E-state index contributed by atoms with van der Waals surface area (Å²) >= 11 is 1.42. The van der Waals surface area contributed by atoms with Crippen molar-refractivity contribution in [2.75, 3.05) is 33.2 Å². The Hall–Kier alpha value is -2.03. The Balaban J connectivity index is 1.79. The molecule has 0 bridgehead atoms. The van der Waals surface area contributed by atoms with E-state index in [4.69, 9.17) is 0 Å². The molecule has 1 fully saturated rings. The molecule has 0 radical (unpaired) electrons. The summed E-state index contributed by atoms with van der Waals surface area (Å²) < 4.78 is 15.4. The zero-order chi connectivity index (χ0) is 18.3. The van der Waals surface area contributed by atoms with E-state index in [-0.39, 0.29) is 17.7 Å². The first kappa shape index (κ1) is 17.4. The zero-order valence-corrected chi connectivity index (χ0v) is 15.7. The lowest BCUT2D eigenvalue weighted by Gasteiger charge is -2.37. The second kappa shape index (κ2) is 6.94. The van der Waals surface area contributed by atoms with Gasteiger partial charge in [0.1, 0.15) is 5.82 Å². The van der Waals surface area contributed by atoms with E-state index >= 15 is 0 Å². The van der Waals surface area contributed by atoms with E-state index in [1.165, 1.54) is 21.9 Å². The van der Waals surface area contributed by atoms with Gasteiger partial charge < -0.3 is 10.0 Å². The van der Waals surface area contributed by atoms with Gasteiger partial charge in [0.25, 0.3) is 0 Å². The number of nitrogens with zero attached hydrogens (tertiary/aromatic N) is 5. The van der Waals surface area contributed by atoms with Crippen molar-refractivity contribution in [3.8, 4) is 5.88 Å². The first-order valence-corrected chi connectivity index (χ1v) is 9.64. The van der Waals surface area contributed by atoms with Gasteiger partial charge in [-0.2, -0.15) is 4.52 Å². The molecule has 1 saturated heterocycles. The fourth-order valence-electron chi connectivity index (χ4n) is 3.40. The van der Waals surface area contributed by atoms with Gasteiger partial charge in [0.05, 0.1) is 10.9 Å². The quantitative estimate of drug-likeness (QED) is 0.759. The summed E-state index contributed by atoms with van der Waals surface area (Å²) in [5.74, 6) is 0.541. The minimum absolute atomic E-state index is 0.102. The second-order valence-electron chi connectivity index (χ2n) is 6.66. The summed E-state index contributed by atoms with van der Waals surface area (Å²) in [6.45, 7) is 5.56. The molecule has 4 rings (SSSR count). The third-order valence-electron chi connectivity index (χ3n) is 4.88. The Labute approximate surface area is 155 Å². The summed E-state index contributed by atoms with van der Waals surface area (Å²) in [6, 6.07) is 6.42. The Morgan fingerprint density at radius 3 is 2.69 bits per heavy atom. The maximum absolute atomic E-state index is 13.9. The molecule has 138 valence electrons. The highest BCUT2D eigenvalue weighted by atomic mass is 32.1. The monoisotopic (exact) mass is 375 g/mol. The molecule has 2 aromatic heterocycles. The Morgan fingerprint density at radius 2 is 2.04 bits per heavy atom. The lowest BCUT2D eigenvalue weighted by Crippen LogP contribution is -2.46. The van der Waals surface area contributed by atoms with Crippen molar-refractivity contribution in [2.24, 2.45) is 0 Å². The molecule has 1 aliphatic heterocycles. The molecular formula is C18H22FN5OS. The number of fused-ring (bicyclic) bond motifs is 1. The van der Waals surface area contributed by atoms with Crippen LogP contribution in [0.2, 0.25) is 0 Å². The largest absolute Gasteiger partial charge is 0.492 e. The standard InChI is InChI=1S/C18H22FN5OS/c1-3-14-20-18-24(21-14)17(25)16(26-18)15(12-5-4-6-13(19)11-12)23-9-7-22(2)8-10-23/h4-6,11,15,25H,3,7-10H2,1-2H3. The highest BCUT2D eigenvalue weighted by Gasteiger charge is 2.31. The first-order valence-electron chi connectivity index (χ1n) is 8.82. The van der Waals surface area contributed by atoms with E-state index in [1.54, 1.807) is 12.1 Å². The number of halogens is 1. The van der Waals surface area contributed by atoms with E-state index in [0.29, 0.717) is 10.8 Å². The number of aromatic hydroxyl groups is 1. The smallest absolute Gasteiger partial charge is 0.230 e. The number of aromatic nitrogens is 3. The van der Waals surface area contributed by atoms with E-state index in [1.807, 2.05) is 13.0 Å². The number of rotatable bonds is 4. The van der Waals surface area contributed by atoms with Crippen molar-refractivity contribution in [3.05, 3.63) is 46.3 Å². The van der Waals surface area contributed by atoms with Crippen molar-refractivity contribution >= 4 is 16.3 Å². The average Bonchev–Trinajstić information content (AvgIpc) is 3.17. The zero-order valence-electron chi connectivity index (χ0n) is 14.9. The molecule has 1 N–H and O–H groups in total. The lowest BCUT2D eigenvalue weighted by molar-refractivity contribution is 0.127. The highest BCUT2D eigenvalue weighted by Crippen LogP contribution is 2.40. The molecule has 3 heterocycles. The average molecular weight is 375 g/mol. The maximum atomic E-state index is 13.9. The number of hydrogen-bond donors (Lipinski definition) is 1. The van der Waals surface area contributed by atoms with Crippen LogP contribution in [0.1, 0.15) is 29.2 Å². The molecule has 1 unspecified atom stereocenters. The van der Waals surface area contributed by atoms with Crippen molar-refractivity contribution < 1.29 is 9.50 Å². The lowest BCUT2D eigenvalue weighted by atomic mass is 10.0. The Kier molecular flexibility index (Phi) is 4.64. The molecule has 0 saturated carbocycles. The van der Waals surface area contributed by atoms with Gasteiger partial charge in [0.2, 0.25) is 10.8 Å². The summed E-state index contributed by atoms with van der Waals surface area (Å²) in [5.41, 5.74) is 0.838. The number of aryl methyl sites for hydroxylation is 1. The van der Waals surface area contributed by atoms with E-state index in [2.05, 4.69) is 26.9 Å². The summed E-state index contributed by atoms with van der Waals surface area (Å²) in [5, 5.41) is 15.2. The van der Waals surface area contributed by atoms with Gasteiger partial charge in [0.15, 0.2) is 5.82 Å². The second-order valence-corrected chi connectivity index (χ2v) is 7.67. The van der Waals surface area contributed by atoms with Gasteiger partial charge in [-0.15, -0.1) is 5.10 Å². The minimum Gasteiger partial charge on any atom is -0.492 e. The highest BCUT2D eigenvalue weighted by molar-refractivity contribution is 7.17. The van der Waals surface area contributed by atoms with Crippen LogP contribution < -0.4 is 0 Å². The SMILES string of the molecule is CCc1nc2sc(C(c3cccc(F)c3)N3CCN(C)CC3)c(O)n2n1. The van der Waals surface area contributed by atoms with Gasteiger partial charge in [-0.25, -0.2) is 9.37 Å². The molecule has 6 nitrogen and oxygen atoms in total. The fourth-order valence-corrected chi connectivity index (χ4v) is 4.54. The first-order chi connectivity index (χ1) is 12.6. The minimum atomic E-state index is -0.270. The summed E-state index contributed by atoms with van der Waals surface area (Å²) in [4.78, 5) is 10.5. The predicted octanol–water partition coefficient (Wildman–Crippen LogP) is 2.53. The molecular weight excluding hydrogens is 353 g/mol. The predicted molar refractivity (Wildman–Crippen MR) is 99.2 cm³/mol. The van der Waals surface area contributed by atoms with Crippen molar-refractivity contribution in [1.29, 1.82) is 0 Å². The molecule has 26 heavy (non-hydrogen) atoms. The van der Waals surface area contributed by atoms with Crippen LogP contribution in [0, 0.1) is 5.82 Å². The topological polar surface area (TPSA) is 56.9 Å². The third kappa shape index (κ3) is 3.08. The van der Waals surface area contributed by atoms with Crippen LogP contribution >= 0.6 is 11.3 Å². The van der Waals surface area contributed by atoms with Crippen molar-refractivity contribution in [1.82, 2.24) is 24.4 Å². The van der Waals surface area contributed by atoms with Crippen LogP contribution in [-0.2, 0) is 6.42 Å². The molecule has 1 aliphatic rings. The Bertz CT molecular complexity index is 916. The molecule has 0 spiro atoms. The molecule has 3 aromatic rings. The molecule has 1 atom stereocenters. The van der Waals surface area contributed by atoms with Crippen molar-refractivity contribution in [3.63, 3.8) is 0 Å². The van der Waals surface area contributed by atoms with Crippen LogP contribution in [-0.4, -0.2) is 62.7 Å². The number of piperazine rings is 1. The number of thiazole rings is 1. The van der Waals surface area contributed by atoms with E-state index < -0.39 is 0 Å². The van der Waals surface area contributed by atoms with Crippen LogP contribution in [0.4, 0.5) is 4.39 Å². The van der Waals surface area contributed by atoms with Crippen LogP contribution in [0.3, 0.4) is 0 Å². The number of hydrogen-bond acceptors (Lipinski definition) is 6. The van der Waals surface area contributed by atoms with Gasteiger partial charge in [-0.1, -0.05) is 30.4 Å². The molecule has 0 amide bonds. The van der Waals surface area contributed by atoms with Gasteiger partial charge >= 0.3 is 0 Å². The van der Waals surface area contributed by atoms with E-state index in [0.717, 1.165) is 43.0 Å². The number of likely N-dealkylation sites (N-methyl/N-ethyl adjacent to an activating group) is 1. The normalized spacial score (nSPS) is 17.8. The Morgan fingerprint density at radius 1 is 1.27 bits per heavy atom. The van der Waals surface area contributed by atoms with Gasteiger partial charge in [0, 0.05) is 32.6 Å². The van der Waals surface area contributed by atoms with Gasteiger partial charge in [-0.3, -0.25) is 4.90 Å². The van der Waals surface area contributed by atoms with Crippen LogP contribution in [0.5, 0.6) is 5.88 Å². The van der Waals surface area contributed by atoms with Crippen LogP contribution in [0.25, 0.3) is 4.96 Å².